The molecule has 4 N–H and O–H groups in total. The topological polar surface area (TPSA) is 66.5 Å². The number of hydrogen-bond donors (Lipinski definition) is 3. The summed E-state index contributed by atoms with van der Waals surface area (Å²) in [4.78, 5) is 0. The fourth-order valence-corrected chi connectivity index (χ4v) is 1.34. The maximum absolute atomic E-state index is 13.0. The van der Waals surface area contributed by atoms with E-state index in [1.165, 1.54) is 12.1 Å². The summed E-state index contributed by atoms with van der Waals surface area (Å²) in [5, 5.41) is 18.7. The van der Waals surface area contributed by atoms with Crippen LogP contribution in [0.5, 0.6) is 5.75 Å². The van der Waals surface area contributed by atoms with Gasteiger partial charge in [0.05, 0.1) is 12.1 Å². The third-order valence-corrected chi connectivity index (χ3v) is 2.41. The van der Waals surface area contributed by atoms with E-state index in [4.69, 9.17) is 10.8 Å². The van der Waals surface area contributed by atoms with Crippen LogP contribution >= 0.6 is 12.4 Å². The van der Waals surface area contributed by atoms with Crippen molar-refractivity contribution < 1.29 is 14.6 Å². The Morgan fingerprint density at radius 3 is 2.31 bits per heavy atom. The smallest absolute Gasteiger partial charge is 0.165 e. The second-order valence-corrected chi connectivity index (χ2v) is 3.97. The predicted molar refractivity (Wildman–Crippen MR) is 63.1 cm³/mol. The number of phenolic OH excluding ortho intramolecular Hbond substituents is 1. The van der Waals surface area contributed by atoms with E-state index < -0.39 is 23.7 Å². The second-order valence-electron chi connectivity index (χ2n) is 3.97. The number of aromatic hydroxyl groups is 1. The Kier molecular flexibility index (Phi) is 5.72. The zero-order valence-electron chi connectivity index (χ0n) is 9.22. The lowest BCUT2D eigenvalue weighted by atomic mass is 9.94. The fourth-order valence-electron chi connectivity index (χ4n) is 1.34. The quantitative estimate of drug-likeness (QED) is 0.767. The molecule has 0 heterocycles. The number of rotatable bonds is 3. The molecule has 1 aromatic carbocycles. The number of nitrogens with two attached hydrogens (primary N) is 1. The Morgan fingerprint density at radius 1 is 1.31 bits per heavy atom. The Labute approximate surface area is 101 Å². The predicted octanol–water partition coefficient (Wildman–Crippen LogP) is 1.97. The molecule has 0 radical (unpaired) electrons. The van der Waals surface area contributed by atoms with Crippen LogP contribution in [0.3, 0.4) is 0 Å². The van der Waals surface area contributed by atoms with Crippen LogP contribution in [0.25, 0.3) is 0 Å². The maximum atomic E-state index is 13.0. The molecule has 16 heavy (non-hydrogen) atoms. The molecule has 0 saturated carbocycles. The van der Waals surface area contributed by atoms with Crippen LogP contribution < -0.4 is 5.73 Å². The highest BCUT2D eigenvalue weighted by Gasteiger charge is 2.20. The van der Waals surface area contributed by atoms with Crippen molar-refractivity contribution in [3.05, 3.63) is 29.6 Å². The Balaban J connectivity index is 0.00000225. The summed E-state index contributed by atoms with van der Waals surface area (Å²) in [7, 11) is 0. The van der Waals surface area contributed by atoms with Crippen molar-refractivity contribution in [2.24, 2.45) is 11.7 Å². The Bertz CT molecular complexity index is 347. The SMILES string of the molecule is CC(C)[C@H](O)[C@H](N)c1ccc(O)c(F)c1.Cl. The minimum atomic E-state index is -0.728. The van der Waals surface area contributed by atoms with E-state index in [9.17, 15) is 9.50 Å². The standard InChI is InChI=1S/C11H16FNO2.ClH/c1-6(2)11(15)10(13)7-3-4-9(14)8(12)5-7;/h3-6,10-11,14-15H,13H2,1-2H3;1H/t10-,11+;/m1./s1. The fraction of sp³-hybridized carbons (Fsp3) is 0.455. The third-order valence-electron chi connectivity index (χ3n) is 2.41. The largest absolute Gasteiger partial charge is 0.505 e. The molecule has 92 valence electrons. The number of phenols is 1. The number of hydrogen-bond acceptors (Lipinski definition) is 3. The van der Waals surface area contributed by atoms with Gasteiger partial charge < -0.3 is 15.9 Å². The van der Waals surface area contributed by atoms with Gasteiger partial charge in [0.15, 0.2) is 11.6 Å². The summed E-state index contributed by atoms with van der Waals surface area (Å²) < 4.78 is 13.0. The highest BCUT2D eigenvalue weighted by Crippen LogP contribution is 2.23. The molecule has 5 heteroatoms. The van der Waals surface area contributed by atoms with Gasteiger partial charge in [-0.1, -0.05) is 19.9 Å². The number of benzene rings is 1. The highest BCUT2D eigenvalue weighted by molar-refractivity contribution is 5.85. The molecular weight excluding hydrogens is 233 g/mol. The average molecular weight is 250 g/mol. The summed E-state index contributed by atoms with van der Waals surface area (Å²) >= 11 is 0. The molecule has 1 rings (SSSR count). The van der Waals surface area contributed by atoms with Crippen molar-refractivity contribution >= 4 is 12.4 Å². The summed E-state index contributed by atoms with van der Waals surface area (Å²) in [5.74, 6) is -1.14. The van der Waals surface area contributed by atoms with E-state index in [0.717, 1.165) is 6.07 Å². The summed E-state index contributed by atoms with van der Waals surface area (Å²) in [6.07, 6.45) is -0.728. The summed E-state index contributed by atoms with van der Waals surface area (Å²) in [6, 6.07) is 3.25. The van der Waals surface area contributed by atoms with Gasteiger partial charge >= 0.3 is 0 Å². The third kappa shape index (κ3) is 3.33. The Morgan fingerprint density at radius 2 is 1.88 bits per heavy atom. The van der Waals surface area contributed by atoms with Crippen molar-refractivity contribution in [1.29, 1.82) is 0 Å². The summed E-state index contributed by atoms with van der Waals surface area (Å²) in [5.41, 5.74) is 6.24. The van der Waals surface area contributed by atoms with Gasteiger partial charge in [-0.25, -0.2) is 4.39 Å². The summed E-state index contributed by atoms with van der Waals surface area (Å²) in [6.45, 7) is 3.67. The van der Waals surface area contributed by atoms with Crippen molar-refractivity contribution in [3.8, 4) is 5.75 Å². The van der Waals surface area contributed by atoms with Crippen LogP contribution in [0, 0.1) is 11.7 Å². The lowest BCUT2D eigenvalue weighted by molar-refractivity contribution is 0.0978. The van der Waals surface area contributed by atoms with Gasteiger partial charge in [0.1, 0.15) is 0 Å². The van der Waals surface area contributed by atoms with Crippen molar-refractivity contribution in [2.75, 3.05) is 0 Å². The minimum absolute atomic E-state index is 0. The number of aliphatic hydroxyl groups excluding tert-OH is 1. The minimum Gasteiger partial charge on any atom is -0.505 e. The molecule has 0 fully saturated rings. The second kappa shape index (κ2) is 6.03. The first-order chi connectivity index (χ1) is 6.93. The normalized spacial score (nSPS) is 14.4. The van der Waals surface area contributed by atoms with Crippen molar-refractivity contribution in [1.82, 2.24) is 0 Å². The molecule has 0 saturated heterocycles. The van der Waals surface area contributed by atoms with Gasteiger partial charge in [-0.05, 0) is 23.6 Å². The molecule has 3 nitrogen and oxygen atoms in total. The molecule has 0 aliphatic carbocycles. The lowest BCUT2D eigenvalue weighted by Gasteiger charge is -2.22. The molecule has 0 unspecified atom stereocenters. The van der Waals surface area contributed by atoms with E-state index in [0.29, 0.717) is 5.56 Å². The zero-order chi connectivity index (χ0) is 11.6. The van der Waals surface area contributed by atoms with E-state index in [1.807, 2.05) is 13.8 Å². The van der Waals surface area contributed by atoms with Gasteiger partial charge in [0.25, 0.3) is 0 Å². The molecule has 0 amide bonds. The first-order valence-corrected chi connectivity index (χ1v) is 4.85. The van der Waals surface area contributed by atoms with Gasteiger partial charge in [0, 0.05) is 0 Å². The molecule has 0 aromatic heterocycles. The van der Waals surface area contributed by atoms with Crippen molar-refractivity contribution in [3.63, 3.8) is 0 Å². The van der Waals surface area contributed by atoms with Gasteiger partial charge in [-0.3, -0.25) is 0 Å². The van der Waals surface area contributed by atoms with Crippen molar-refractivity contribution in [2.45, 2.75) is 26.0 Å². The molecule has 0 bridgehead atoms. The maximum Gasteiger partial charge on any atom is 0.165 e. The molecule has 2 atom stereocenters. The van der Waals surface area contributed by atoms with Gasteiger partial charge in [-0.2, -0.15) is 0 Å². The molecule has 1 aromatic rings. The van der Waals surface area contributed by atoms with Crippen LogP contribution in [0.15, 0.2) is 18.2 Å². The lowest BCUT2D eigenvalue weighted by Crippen LogP contribution is -2.30. The Hall–Kier alpha value is -0.840. The average Bonchev–Trinajstić information content (AvgIpc) is 2.19. The molecule has 0 aliphatic rings. The molecule has 0 aliphatic heterocycles. The van der Waals surface area contributed by atoms with Crippen LogP contribution in [0.2, 0.25) is 0 Å². The van der Waals surface area contributed by atoms with Gasteiger partial charge in [-0.15, -0.1) is 12.4 Å². The van der Waals surface area contributed by atoms with Gasteiger partial charge in [0.2, 0.25) is 0 Å². The van der Waals surface area contributed by atoms with Crippen LogP contribution in [-0.4, -0.2) is 16.3 Å². The van der Waals surface area contributed by atoms with E-state index >= 15 is 0 Å². The monoisotopic (exact) mass is 249 g/mol. The first-order valence-electron chi connectivity index (χ1n) is 4.85. The zero-order valence-corrected chi connectivity index (χ0v) is 10.0. The highest BCUT2D eigenvalue weighted by atomic mass is 35.5. The van der Waals surface area contributed by atoms with E-state index in [2.05, 4.69) is 0 Å². The van der Waals surface area contributed by atoms with E-state index in [-0.39, 0.29) is 18.3 Å². The van der Waals surface area contributed by atoms with Crippen LogP contribution in [0.1, 0.15) is 25.5 Å². The van der Waals surface area contributed by atoms with Crippen LogP contribution in [-0.2, 0) is 0 Å². The molecule has 0 spiro atoms. The number of halogens is 2. The molecular formula is C11H17ClFNO2. The number of aliphatic hydroxyl groups is 1. The van der Waals surface area contributed by atoms with Crippen LogP contribution in [0.4, 0.5) is 4.39 Å². The first kappa shape index (κ1) is 15.2. The van der Waals surface area contributed by atoms with E-state index in [1.54, 1.807) is 0 Å².